The Balaban J connectivity index is 2.08. The fourth-order valence-electron chi connectivity index (χ4n) is 1.57. The lowest BCUT2D eigenvalue weighted by atomic mass is 10.1. The van der Waals surface area contributed by atoms with Crippen LogP contribution in [0.15, 0.2) is 22.8 Å². The number of rotatable bonds is 2. The van der Waals surface area contributed by atoms with Crippen LogP contribution in [0, 0.1) is 0 Å². The van der Waals surface area contributed by atoms with Gasteiger partial charge in [-0.05, 0) is 40.9 Å². The first-order valence-corrected chi connectivity index (χ1v) is 5.71. The lowest BCUT2D eigenvalue weighted by molar-refractivity contribution is -0.123. The lowest BCUT2D eigenvalue weighted by Crippen LogP contribution is -2.44. The molecule has 15 heavy (non-hydrogen) atoms. The molecule has 2 N–H and O–H groups in total. The van der Waals surface area contributed by atoms with Crippen LogP contribution in [0.25, 0.3) is 0 Å². The second-order valence-electron chi connectivity index (χ2n) is 3.46. The molecule has 2 heterocycles. The summed E-state index contributed by atoms with van der Waals surface area (Å²) in [6, 6.07) is 3.58. The summed E-state index contributed by atoms with van der Waals surface area (Å²) in [6.45, 7) is 0.778. The molecule has 0 spiro atoms. The zero-order chi connectivity index (χ0) is 10.7. The van der Waals surface area contributed by atoms with Crippen molar-refractivity contribution in [2.45, 2.75) is 18.9 Å². The van der Waals surface area contributed by atoms with Gasteiger partial charge in [0.2, 0.25) is 5.91 Å². The molecule has 1 amide bonds. The Morgan fingerprint density at radius 1 is 1.60 bits per heavy atom. The van der Waals surface area contributed by atoms with Crippen molar-refractivity contribution in [3.8, 4) is 0 Å². The number of nitrogens with zero attached hydrogens (tertiary/aromatic N) is 1. The van der Waals surface area contributed by atoms with Crippen molar-refractivity contribution in [1.29, 1.82) is 0 Å². The predicted octanol–water partition coefficient (Wildman–Crippen LogP) is 1.53. The zero-order valence-electron chi connectivity index (χ0n) is 8.16. The molecule has 1 aliphatic heterocycles. The van der Waals surface area contributed by atoms with E-state index in [1.54, 1.807) is 6.20 Å². The number of piperidine rings is 1. The number of amides is 1. The lowest BCUT2D eigenvalue weighted by Gasteiger charge is -2.23. The van der Waals surface area contributed by atoms with Gasteiger partial charge in [-0.15, -0.1) is 0 Å². The largest absolute Gasteiger partial charge is 0.357 e. The molecule has 4 nitrogen and oxygen atoms in total. The highest BCUT2D eigenvalue weighted by Crippen LogP contribution is 2.20. The van der Waals surface area contributed by atoms with E-state index in [0.29, 0.717) is 0 Å². The molecule has 0 saturated carbocycles. The molecule has 0 radical (unpaired) electrons. The maximum Gasteiger partial charge on any atom is 0.242 e. The standard InChI is InChI=1S/C10H12BrN3O/c11-7-3-1-5-12-9(7)14-8-4-2-6-13-10(8)15/h1,3,5,8H,2,4,6H2,(H,12,14)(H,13,15)/t8-/m0/s1. The number of aromatic nitrogens is 1. The number of anilines is 1. The first-order valence-electron chi connectivity index (χ1n) is 4.92. The molecule has 80 valence electrons. The number of nitrogens with one attached hydrogen (secondary N) is 2. The van der Waals surface area contributed by atoms with Gasteiger partial charge in [-0.3, -0.25) is 4.79 Å². The maximum absolute atomic E-state index is 11.5. The van der Waals surface area contributed by atoms with Gasteiger partial charge in [0.15, 0.2) is 0 Å². The van der Waals surface area contributed by atoms with E-state index < -0.39 is 0 Å². The minimum absolute atomic E-state index is 0.0544. The fraction of sp³-hybridized carbons (Fsp3) is 0.400. The van der Waals surface area contributed by atoms with Crippen molar-refractivity contribution < 1.29 is 4.79 Å². The van der Waals surface area contributed by atoms with Crippen LogP contribution in [-0.4, -0.2) is 23.5 Å². The molecule has 2 rings (SSSR count). The van der Waals surface area contributed by atoms with Crippen LogP contribution in [0.3, 0.4) is 0 Å². The summed E-state index contributed by atoms with van der Waals surface area (Å²) in [6.07, 6.45) is 3.57. The number of carbonyl (C=O) groups is 1. The van der Waals surface area contributed by atoms with Crippen LogP contribution < -0.4 is 10.6 Å². The number of carbonyl (C=O) groups excluding carboxylic acids is 1. The summed E-state index contributed by atoms with van der Waals surface area (Å²) in [4.78, 5) is 15.7. The van der Waals surface area contributed by atoms with Crippen molar-refractivity contribution in [1.82, 2.24) is 10.3 Å². The second-order valence-corrected chi connectivity index (χ2v) is 4.32. The van der Waals surface area contributed by atoms with Crippen molar-refractivity contribution in [3.63, 3.8) is 0 Å². The highest BCUT2D eigenvalue weighted by Gasteiger charge is 2.22. The van der Waals surface area contributed by atoms with Crippen molar-refractivity contribution in [3.05, 3.63) is 22.8 Å². The Labute approximate surface area is 96.6 Å². The third kappa shape index (κ3) is 2.47. The van der Waals surface area contributed by atoms with E-state index >= 15 is 0 Å². The van der Waals surface area contributed by atoms with E-state index in [-0.39, 0.29) is 11.9 Å². The van der Waals surface area contributed by atoms with Crippen molar-refractivity contribution in [2.75, 3.05) is 11.9 Å². The molecule has 1 atom stereocenters. The molecular formula is C10H12BrN3O. The highest BCUT2D eigenvalue weighted by molar-refractivity contribution is 9.10. The van der Waals surface area contributed by atoms with Crippen LogP contribution in [0.4, 0.5) is 5.82 Å². The van der Waals surface area contributed by atoms with Crippen molar-refractivity contribution >= 4 is 27.7 Å². The summed E-state index contributed by atoms with van der Waals surface area (Å²) in [7, 11) is 0. The Kier molecular flexibility index (Phi) is 3.20. The minimum atomic E-state index is -0.162. The van der Waals surface area contributed by atoms with Gasteiger partial charge in [0.1, 0.15) is 11.9 Å². The van der Waals surface area contributed by atoms with Gasteiger partial charge in [0, 0.05) is 12.7 Å². The van der Waals surface area contributed by atoms with Gasteiger partial charge >= 0.3 is 0 Å². The molecule has 1 aromatic heterocycles. The number of halogens is 1. The SMILES string of the molecule is O=C1NCCC[C@@H]1Nc1ncccc1Br. The average Bonchev–Trinajstić information content (AvgIpc) is 2.24. The summed E-state index contributed by atoms with van der Waals surface area (Å²) in [5, 5.41) is 5.96. The average molecular weight is 270 g/mol. The van der Waals surface area contributed by atoms with E-state index in [1.807, 2.05) is 12.1 Å². The quantitative estimate of drug-likeness (QED) is 0.857. The molecule has 0 aliphatic carbocycles. The Hall–Kier alpha value is -1.10. The third-order valence-electron chi connectivity index (χ3n) is 2.35. The molecule has 1 aliphatic rings. The summed E-state index contributed by atoms with van der Waals surface area (Å²) in [5.74, 6) is 0.776. The van der Waals surface area contributed by atoms with E-state index in [1.165, 1.54) is 0 Å². The smallest absolute Gasteiger partial charge is 0.242 e. The van der Waals surface area contributed by atoms with Crippen LogP contribution >= 0.6 is 15.9 Å². The van der Waals surface area contributed by atoms with E-state index in [9.17, 15) is 4.79 Å². The first kappa shape index (κ1) is 10.4. The second kappa shape index (κ2) is 4.61. The molecule has 1 saturated heterocycles. The third-order valence-corrected chi connectivity index (χ3v) is 2.99. The zero-order valence-corrected chi connectivity index (χ0v) is 9.75. The number of hydrogen-bond donors (Lipinski definition) is 2. The van der Waals surface area contributed by atoms with Gasteiger partial charge in [0.25, 0.3) is 0 Å². The van der Waals surface area contributed by atoms with Crippen LogP contribution in [0.2, 0.25) is 0 Å². The Bertz CT molecular complexity index is 369. The molecule has 0 aromatic carbocycles. The summed E-state index contributed by atoms with van der Waals surface area (Å²) < 4.78 is 0.878. The van der Waals surface area contributed by atoms with Crippen molar-refractivity contribution in [2.24, 2.45) is 0 Å². The summed E-state index contributed by atoms with van der Waals surface area (Å²) >= 11 is 3.39. The van der Waals surface area contributed by atoms with Gasteiger partial charge in [0.05, 0.1) is 4.47 Å². The summed E-state index contributed by atoms with van der Waals surface area (Å²) in [5.41, 5.74) is 0. The predicted molar refractivity (Wildman–Crippen MR) is 61.6 cm³/mol. The highest BCUT2D eigenvalue weighted by atomic mass is 79.9. The van der Waals surface area contributed by atoms with E-state index in [4.69, 9.17) is 0 Å². The monoisotopic (exact) mass is 269 g/mol. The van der Waals surface area contributed by atoms with Crippen LogP contribution in [-0.2, 0) is 4.79 Å². The Morgan fingerprint density at radius 3 is 3.20 bits per heavy atom. The van der Waals surface area contributed by atoms with Gasteiger partial charge in [-0.2, -0.15) is 0 Å². The van der Waals surface area contributed by atoms with E-state index in [2.05, 4.69) is 31.5 Å². The van der Waals surface area contributed by atoms with Gasteiger partial charge in [-0.25, -0.2) is 4.98 Å². The molecule has 1 fully saturated rings. The fourth-order valence-corrected chi connectivity index (χ4v) is 1.94. The number of pyridine rings is 1. The van der Waals surface area contributed by atoms with Crippen LogP contribution in [0.1, 0.15) is 12.8 Å². The van der Waals surface area contributed by atoms with E-state index in [0.717, 1.165) is 29.7 Å². The Morgan fingerprint density at radius 2 is 2.47 bits per heavy atom. The molecule has 1 aromatic rings. The normalized spacial score (nSPS) is 20.9. The van der Waals surface area contributed by atoms with Crippen LogP contribution in [0.5, 0.6) is 0 Å². The van der Waals surface area contributed by atoms with Gasteiger partial charge < -0.3 is 10.6 Å². The molecule has 5 heteroatoms. The number of hydrogen-bond acceptors (Lipinski definition) is 3. The molecule has 0 bridgehead atoms. The minimum Gasteiger partial charge on any atom is -0.357 e. The first-order chi connectivity index (χ1) is 7.27. The maximum atomic E-state index is 11.5. The topological polar surface area (TPSA) is 54.0 Å². The molecular weight excluding hydrogens is 258 g/mol. The van der Waals surface area contributed by atoms with Gasteiger partial charge in [-0.1, -0.05) is 0 Å². The molecule has 0 unspecified atom stereocenters.